The number of carbonyl (C=O) groups is 1. The SMILES string of the molecule is CCOc1cc(C2C(C(=O)OC3CCCCC3)=C(C)Nc3nc(SCc4ccccc4)nn32)cc(Br)c1OCc1cccc(Br)c1. The Morgan fingerprint density at radius 1 is 1.00 bits per heavy atom. The Bertz CT molecular complexity index is 1720. The average molecular weight is 769 g/mol. The van der Waals surface area contributed by atoms with Gasteiger partial charge in [-0.05, 0) is 96.4 Å². The third kappa shape index (κ3) is 7.64. The van der Waals surface area contributed by atoms with Gasteiger partial charge in [0.05, 0.1) is 16.7 Å². The number of nitrogens with one attached hydrogen (secondary N) is 1. The predicted octanol–water partition coefficient (Wildman–Crippen LogP) is 9.24. The molecule has 1 N–H and O–H groups in total. The van der Waals surface area contributed by atoms with Gasteiger partial charge in [-0.1, -0.05) is 76.6 Å². The maximum Gasteiger partial charge on any atom is 0.338 e. The van der Waals surface area contributed by atoms with Gasteiger partial charge in [-0.3, -0.25) is 0 Å². The monoisotopic (exact) mass is 766 g/mol. The summed E-state index contributed by atoms with van der Waals surface area (Å²) in [5.41, 5.74) is 4.19. The minimum Gasteiger partial charge on any atom is -0.490 e. The largest absolute Gasteiger partial charge is 0.490 e. The quantitative estimate of drug-likeness (QED) is 0.119. The summed E-state index contributed by atoms with van der Waals surface area (Å²) >= 11 is 8.84. The van der Waals surface area contributed by atoms with Crippen molar-refractivity contribution in [2.24, 2.45) is 0 Å². The first-order valence-electron chi connectivity index (χ1n) is 15.5. The van der Waals surface area contributed by atoms with Crippen molar-refractivity contribution < 1.29 is 19.0 Å². The van der Waals surface area contributed by atoms with E-state index in [1.807, 2.05) is 68.4 Å². The summed E-state index contributed by atoms with van der Waals surface area (Å²) in [4.78, 5) is 18.8. The number of benzene rings is 3. The highest BCUT2D eigenvalue weighted by Crippen LogP contribution is 2.44. The van der Waals surface area contributed by atoms with Crippen molar-refractivity contribution in [3.8, 4) is 11.5 Å². The van der Waals surface area contributed by atoms with Crippen LogP contribution in [-0.2, 0) is 21.9 Å². The lowest BCUT2D eigenvalue weighted by Crippen LogP contribution is -2.32. The molecule has 1 saturated carbocycles. The lowest BCUT2D eigenvalue weighted by atomic mass is 9.94. The maximum atomic E-state index is 14.0. The second-order valence-corrected chi connectivity index (χ2v) is 14.1. The molecule has 0 bridgehead atoms. The Morgan fingerprint density at radius 2 is 1.78 bits per heavy atom. The molecule has 0 spiro atoms. The molecule has 0 radical (unpaired) electrons. The molecule has 4 aromatic rings. The molecule has 1 atom stereocenters. The third-order valence-electron chi connectivity index (χ3n) is 8.01. The minimum absolute atomic E-state index is 0.0872. The van der Waals surface area contributed by atoms with Gasteiger partial charge in [0.2, 0.25) is 11.1 Å². The van der Waals surface area contributed by atoms with Crippen LogP contribution in [0.3, 0.4) is 0 Å². The number of rotatable bonds is 11. The van der Waals surface area contributed by atoms with Gasteiger partial charge < -0.3 is 19.5 Å². The molecular weight excluding hydrogens is 732 g/mol. The van der Waals surface area contributed by atoms with Gasteiger partial charge in [-0.25, -0.2) is 9.48 Å². The van der Waals surface area contributed by atoms with Crippen LogP contribution in [0.5, 0.6) is 11.5 Å². The molecule has 3 aromatic carbocycles. The van der Waals surface area contributed by atoms with Crippen molar-refractivity contribution >= 4 is 55.5 Å². The van der Waals surface area contributed by atoms with E-state index in [-0.39, 0.29) is 12.1 Å². The van der Waals surface area contributed by atoms with Crippen molar-refractivity contribution in [3.63, 3.8) is 0 Å². The molecule has 8 nitrogen and oxygen atoms in total. The fourth-order valence-electron chi connectivity index (χ4n) is 5.82. The van der Waals surface area contributed by atoms with E-state index in [2.05, 4.69) is 49.3 Å². The zero-order valence-corrected chi connectivity index (χ0v) is 29.8. The highest BCUT2D eigenvalue weighted by atomic mass is 79.9. The van der Waals surface area contributed by atoms with Crippen molar-refractivity contribution in [2.45, 2.75) is 75.6 Å². The molecule has 240 valence electrons. The number of hydrogen-bond acceptors (Lipinski definition) is 8. The first kappa shape index (κ1) is 32.7. The van der Waals surface area contributed by atoms with Gasteiger partial charge >= 0.3 is 5.97 Å². The fourth-order valence-corrected chi connectivity index (χ4v) is 7.62. The Morgan fingerprint density at radius 3 is 2.54 bits per heavy atom. The van der Waals surface area contributed by atoms with Crippen LogP contribution in [0.1, 0.15) is 68.7 Å². The molecule has 2 heterocycles. The summed E-state index contributed by atoms with van der Waals surface area (Å²) in [6.07, 6.45) is 4.99. The van der Waals surface area contributed by atoms with Crippen LogP contribution in [0.4, 0.5) is 5.95 Å². The van der Waals surface area contributed by atoms with E-state index in [0.717, 1.165) is 47.0 Å². The number of aromatic nitrogens is 3. The number of halogens is 2. The first-order valence-corrected chi connectivity index (χ1v) is 18.1. The van der Waals surface area contributed by atoms with Gasteiger partial charge in [0.25, 0.3) is 0 Å². The Labute approximate surface area is 290 Å². The molecule has 11 heteroatoms. The van der Waals surface area contributed by atoms with E-state index in [4.69, 9.17) is 24.3 Å². The van der Waals surface area contributed by atoms with Crippen molar-refractivity contribution in [2.75, 3.05) is 11.9 Å². The zero-order chi connectivity index (χ0) is 32.0. The molecule has 0 saturated heterocycles. The minimum atomic E-state index is -0.597. The topological polar surface area (TPSA) is 87.5 Å². The smallest absolute Gasteiger partial charge is 0.338 e. The number of fused-ring (bicyclic) bond motifs is 1. The van der Waals surface area contributed by atoms with E-state index in [0.29, 0.717) is 51.6 Å². The Kier molecular flexibility index (Phi) is 10.7. The molecule has 1 aliphatic carbocycles. The maximum absolute atomic E-state index is 14.0. The lowest BCUT2D eigenvalue weighted by Gasteiger charge is -2.30. The summed E-state index contributed by atoms with van der Waals surface area (Å²) in [5.74, 6) is 2.10. The molecule has 1 aliphatic heterocycles. The van der Waals surface area contributed by atoms with Crippen molar-refractivity contribution in [1.82, 2.24) is 14.8 Å². The van der Waals surface area contributed by atoms with Crippen LogP contribution in [-0.4, -0.2) is 33.4 Å². The highest BCUT2D eigenvalue weighted by molar-refractivity contribution is 9.10. The number of allylic oxidation sites excluding steroid dienone is 1. The number of ether oxygens (including phenoxy) is 3. The third-order valence-corrected chi connectivity index (χ3v) is 10.0. The second-order valence-electron chi connectivity index (χ2n) is 11.3. The fraction of sp³-hybridized carbons (Fsp3) is 0.343. The second kappa shape index (κ2) is 15.1. The molecule has 0 amide bonds. The number of carbonyl (C=O) groups excluding carboxylic acids is 1. The Balaban J connectivity index is 1.36. The molecule has 1 fully saturated rings. The first-order chi connectivity index (χ1) is 22.4. The number of anilines is 1. The van der Waals surface area contributed by atoms with Gasteiger partial charge in [-0.2, -0.15) is 4.98 Å². The summed E-state index contributed by atoms with van der Waals surface area (Å²) in [6.45, 7) is 4.63. The van der Waals surface area contributed by atoms with E-state index >= 15 is 0 Å². The summed E-state index contributed by atoms with van der Waals surface area (Å²) in [6, 6.07) is 21.5. The van der Waals surface area contributed by atoms with E-state index < -0.39 is 6.04 Å². The molecule has 1 unspecified atom stereocenters. The molecule has 46 heavy (non-hydrogen) atoms. The summed E-state index contributed by atoms with van der Waals surface area (Å²) in [5, 5.41) is 8.88. The number of esters is 1. The molecule has 6 rings (SSSR count). The summed E-state index contributed by atoms with van der Waals surface area (Å²) < 4.78 is 22.0. The van der Waals surface area contributed by atoms with Gasteiger partial charge in [0.15, 0.2) is 11.5 Å². The van der Waals surface area contributed by atoms with E-state index in [1.54, 1.807) is 16.4 Å². The Hall–Kier alpha value is -3.28. The lowest BCUT2D eigenvalue weighted by molar-refractivity contribution is -0.146. The molecule has 2 aliphatic rings. The standard InChI is InChI=1S/C35H36Br2N4O4S/c1-3-43-29-19-25(18-28(37)32(29)44-20-24-13-10-14-26(36)17-24)31-30(33(42)45-27-15-8-5-9-16-27)22(2)38-34-39-35(40-41(31)34)46-21-23-11-6-4-7-12-23/h4,6-7,10-14,17-19,27,31H,3,5,8-9,15-16,20-21H2,1-2H3,(H,38,39,40). The van der Waals surface area contributed by atoms with E-state index in [9.17, 15) is 4.79 Å². The number of nitrogens with zero attached hydrogens (tertiary/aromatic N) is 3. The molecular formula is C35H36Br2N4O4S. The zero-order valence-electron chi connectivity index (χ0n) is 25.8. The van der Waals surface area contributed by atoms with Crippen LogP contribution < -0.4 is 14.8 Å². The van der Waals surface area contributed by atoms with Crippen molar-refractivity contribution in [1.29, 1.82) is 0 Å². The van der Waals surface area contributed by atoms with Gasteiger partial charge in [-0.15, -0.1) is 5.10 Å². The molecule has 1 aromatic heterocycles. The van der Waals surface area contributed by atoms with Crippen molar-refractivity contribution in [3.05, 3.63) is 104 Å². The van der Waals surface area contributed by atoms with Crippen LogP contribution in [0.15, 0.2) is 92.1 Å². The van der Waals surface area contributed by atoms with Gasteiger partial charge in [0.1, 0.15) is 18.8 Å². The highest BCUT2D eigenvalue weighted by Gasteiger charge is 2.37. The summed E-state index contributed by atoms with van der Waals surface area (Å²) in [7, 11) is 0. The average Bonchev–Trinajstić information content (AvgIpc) is 3.46. The van der Waals surface area contributed by atoms with Gasteiger partial charge in [0, 0.05) is 15.9 Å². The van der Waals surface area contributed by atoms with Crippen LogP contribution >= 0.6 is 43.6 Å². The van der Waals surface area contributed by atoms with Crippen LogP contribution in [0.25, 0.3) is 0 Å². The number of thioether (sulfide) groups is 1. The normalized spacial score (nSPS) is 16.5. The number of hydrogen-bond donors (Lipinski definition) is 1. The van der Waals surface area contributed by atoms with E-state index in [1.165, 1.54) is 12.0 Å². The van der Waals surface area contributed by atoms with Crippen LogP contribution in [0.2, 0.25) is 0 Å². The predicted molar refractivity (Wildman–Crippen MR) is 187 cm³/mol. The van der Waals surface area contributed by atoms with Crippen LogP contribution in [0, 0.1) is 0 Å².